The fraction of sp³-hybridized carbons (Fsp3) is 0.500. The zero-order valence-electron chi connectivity index (χ0n) is 7.11. The summed E-state index contributed by atoms with van der Waals surface area (Å²) < 4.78 is 23.4. The first-order valence-corrected chi connectivity index (χ1v) is 4.99. The van der Waals surface area contributed by atoms with E-state index in [2.05, 4.69) is 15.0 Å². The Morgan fingerprint density at radius 2 is 1.40 bits per heavy atom. The minimum Gasteiger partial charge on any atom is -0.214 e. The van der Waals surface area contributed by atoms with Crippen LogP contribution < -0.4 is 0 Å². The molecule has 0 bridgehead atoms. The average molecular weight is 297 g/mol. The number of hydrogen-bond donors (Lipinski definition) is 0. The predicted octanol–water partition coefficient (Wildman–Crippen LogP) is 3.29. The minimum atomic E-state index is -3.72. The molecular weight excluding hydrogens is 294 g/mol. The molecule has 1 heterocycles. The summed E-state index contributed by atoms with van der Waals surface area (Å²) in [5, 5.41) is -3.72. The molecule has 0 spiro atoms. The summed E-state index contributed by atoms with van der Waals surface area (Å²) in [5.41, 5.74) is 0. The summed E-state index contributed by atoms with van der Waals surface area (Å²) in [6, 6.07) is 0. The largest absolute Gasteiger partial charge is 0.381 e. The molecule has 1 rings (SSSR count). The minimum absolute atomic E-state index is 0.0124. The Morgan fingerprint density at radius 1 is 0.933 bits per heavy atom. The molecule has 84 valence electrons. The van der Waals surface area contributed by atoms with E-state index in [1.54, 1.807) is 0 Å². The van der Waals surface area contributed by atoms with E-state index in [1.165, 1.54) is 6.92 Å². The average Bonchev–Trinajstić information content (AvgIpc) is 1.99. The van der Waals surface area contributed by atoms with Crippen molar-refractivity contribution >= 4 is 46.4 Å². The van der Waals surface area contributed by atoms with Crippen molar-refractivity contribution < 1.29 is 8.78 Å². The Bertz CT molecular complexity index is 341. The van der Waals surface area contributed by atoms with Crippen molar-refractivity contribution in [3.63, 3.8) is 0 Å². The molecule has 0 saturated carbocycles. The topological polar surface area (TPSA) is 38.7 Å². The second kappa shape index (κ2) is 4.13. The zero-order valence-corrected chi connectivity index (χ0v) is 10.1. The number of aryl methyl sites for hydroxylation is 1. The lowest BCUT2D eigenvalue weighted by molar-refractivity contribution is 0.0835. The lowest BCUT2D eigenvalue weighted by atomic mass is 10.5. The van der Waals surface area contributed by atoms with Gasteiger partial charge in [-0.15, -0.1) is 0 Å². The smallest absolute Gasteiger partial charge is 0.214 e. The standard InChI is InChI=1S/C6H3Cl4F2N3/c1-2-13-3(5(7,8)9)15-4(14-2)6(10,11)12/h1H3. The van der Waals surface area contributed by atoms with E-state index < -0.39 is 20.8 Å². The van der Waals surface area contributed by atoms with Crippen LogP contribution in [0.4, 0.5) is 8.78 Å². The van der Waals surface area contributed by atoms with Gasteiger partial charge in [-0.3, -0.25) is 0 Å². The second-order valence-electron chi connectivity index (χ2n) is 2.53. The highest BCUT2D eigenvalue weighted by Crippen LogP contribution is 2.37. The molecule has 0 aliphatic rings. The number of rotatable bonds is 1. The summed E-state index contributed by atoms with van der Waals surface area (Å²) in [6.45, 7) is 1.35. The van der Waals surface area contributed by atoms with Gasteiger partial charge in [-0.05, 0) is 18.5 Å². The van der Waals surface area contributed by atoms with Gasteiger partial charge in [-0.1, -0.05) is 34.8 Å². The SMILES string of the molecule is Cc1nc(C(F)(F)Cl)nc(C(Cl)(Cl)Cl)n1. The zero-order chi connectivity index (χ0) is 11.9. The molecule has 0 aliphatic carbocycles. The van der Waals surface area contributed by atoms with Crippen molar-refractivity contribution in [2.45, 2.75) is 16.1 Å². The first-order chi connectivity index (χ1) is 6.60. The molecule has 0 radical (unpaired) electrons. The summed E-state index contributed by atoms with van der Waals surface area (Å²) >= 11 is 21.1. The van der Waals surface area contributed by atoms with E-state index in [9.17, 15) is 8.78 Å². The van der Waals surface area contributed by atoms with Gasteiger partial charge < -0.3 is 0 Å². The van der Waals surface area contributed by atoms with E-state index >= 15 is 0 Å². The van der Waals surface area contributed by atoms with Crippen molar-refractivity contribution in [2.75, 3.05) is 0 Å². The van der Waals surface area contributed by atoms with Gasteiger partial charge in [0.2, 0.25) is 9.62 Å². The third-order valence-electron chi connectivity index (χ3n) is 1.25. The fourth-order valence-corrected chi connectivity index (χ4v) is 1.07. The molecule has 1 aromatic rings. The maximum atomic E-state index is 12.7. The summed E-state index contributed by atoms with van der Waals surface area (Å²) in [7, 11) is 0. The predicted molar refractivity (Wildman–Crippen MR) is 53.5 cm³/mol. The van der Waals surface area contributed by atoms with Crippen molar-refractivity contribution in [3.05, 3.63) is 17.5 Å². The number of nitrogens with zero attached hydrogens (tertiary/aromatic N) is 3. The molecule has 0 fully saturated rings. The van der Waals surface area contributed by atoms with Crippen LogP contribution in [0.5, 0.6) is 0 Å². The van der Waals surface area contributed by atoms with Gasteiger partial charge in [-0.25, -0.2) is 15.0 Å². The van der Waals surface area contributed by atoms with E-state index in [-0.39, 0.29) is 5.82 Å². The van der Waals surface area contributed by atoms with Gasteiger partial charge >= 0.3 is 5.38 Å². The van der Waals surface area contributed by atoms with Crippen LogP contribution in [-0.4, -0.2) is 15.0 Å². The van der Waals surface area contributed by atoms with Gasteiger partial charge in [0.15, 0.2) is 5.82 Å². The molecule has 1 aromatic heterocycles. The van der Waals surface area contributed by atoms with Crippen LogP contribution in [-0.2, 0) is 9.17 Å². The van der Waals surface area contributed by atoms with Crippen LogP contribution in [0.1, 0.15) is 17.5 Å². The van der Waals surface area contributed by atoms with E-state index in [0.29, 0.717) is 0 Å². The normalized spacial score (nSPS) is 13.0. The van der Waals surface area contributed by atoms with Crippen LogP contribution in [0, 0.1) is 6.92 Å². The molecule has 0 atom stereocenters. The van der Waals surface area contributed by atoms with Crippen LogP contribution in [0.2, 0.25) is 0 Å². The Morgan fingerprint density at radius 3 is 1.80 bits per heavy atom. The van der Waals surface area contributed by atoms with E-state index in [1.807, 2.05) is 0 Å². The molecule has 0 saturated heterocycles. The maximum absolute atomic E-state index is 12.7. The van der Waals surface area contributed by atoms with Crippen LogP contribution >= 0.6 is 46.4 Å². The molecule has 0 amide bonds. The van der Waals surface area contributed by atoms with Gasteiger partial charge in [0.1, 0.15) is 5.82 Å². The van der Waals surface area contributed by atoms with E-state index in [0.717, 1.165) is 0 Å². The van der Waals surface area contributed by atoms with Crippen LogP contribution in [0.25, 0.3) is 0 Å². The Balaban J connectivity index is 3.30. The summed E-state index contributed by atoms with van der Waals surface area (Å²) in [4.78, 5) is 10.2. The molecule has 0 aromatic carbocycles. The Hall–Kier alpha value is 0.0300. The number of halogens is 6. The lowest BCUT2D eigenvalue weighted by Gasteiger charge is -2.12. The molecule has 15 heavy (non-hydrogen) atoms. The fourth-order valence-electron chi connectivity index (χ4n) is 0.735. The summed E-state index contributed by atoms with van der Waals surface area (Å²) in [6.07, 6.45) is 0. The van der Waals surface area contributed by atoms with Crippen molar-refractivity contribution in [1.82, 2.24) is 15.0 Å². The number of alkyl halides is 6. The third kappa shape index (κ3) is 3.52. The van der Waals surface area contributed by atoms with Crippen molar-refractivity contribution in [2.24, 2.45) is 0 Å². The quantitative estimate of drug-likeness (QED) is 0.747. The summed E-state index contributed by atoms with van der Waals surface area (Å²) in [5.74, 6) is -1.35. The Labute approximate surface area is 104 Å². The van der Waals surface area contributed by atoms with Gasteiger partial charge in [0.25, 0.3) is 0 Å². The molecule has 9 heteroatoms. The van der Waals surface area contributed by atoms with Crippen molar-refractivity contribution in [3.8, 4) is 0 Å². The van der Waals surface area contributed by atoms with Crippen molar-refractivity contribution in [1.29, 1.82) is 0 Å². The molecular formula is C6H3Cl4F2N3. The molecule has 3 nitrogen and oxygen atoms in total. The van der Waals surface area contributed by atoms with Crippen LogP contribution in [0.15, 0.2) is 0 Å². The highest BCUT2D eigenvalue weighted by atomic mass is 35.6. The molecule has 0 unspecified atom stereocenters. The Kier molecular flexibility index (Phi) is 3.60. The monoisotopic (exact) mass is 295 g/mol. The van der Waals surface area contributed by atoms with Gasteiger partial charge in [0, 0.05) is 0 Å². The highest BCUT2D eigenvalue weighted by molar-refractivity contribution is 6.66. The lowest BCUT2D eigenvalue weighted by Crippen LogP contribution is -2.17. The van der Waals surface area contributed by atoms with Crippen LogP contribution in [0.3, 0.4) is 0 Å². The van der Waals surface area contributed by atoms with Gasteiger partial charge in [0.05, 0.1) is 0 Å². The maximum Gasteiger partial charge on any atom is 0.381 e. The third-order valence-corrected chi connectivity index (χ3v) is 1.93. The van der Waals surface area contributed by atoms with Gasteiger partial charge in [-0.2, -0.15) is 8.78 Å². The molecule has 0 N–H and O–H groups in total. The van der Waals surface area contributed by atoms with E-state index in [4.69, 9.17) is 46.4 Å². The number of aromatic nitrogens is 3. The first kappa shape index (κ1) is 13.1. The first-order valence-electron chi connectivity index (χ1n) is 3.48. The number of hydrogen-bond acceptors (Lipinski definition) is 3. The second-order valence-corrected chi connectivity index (χ2v) is 5.28. The molecule has 0 aliphatic heterocycles. The highest BCUT2D eigenvalue weighted by Gasteiger charge is 2.36.